The molecule has 1 aromatic carbocycles. The first-order chi connectivity index (χ1) is 10.1. The van der Waals surface area contributed by atoms with Gasteiger partial charge in [0.15, 0.2) is 4.67 Å². The number of nitrogens with one attached hydrogen (secondary N) is 2. The van der Waals surface area contributed by atoms with Gasteiger partial charge in [-0.3, -0.25) is 9.59 Å². The number of furan rings is 1. The Hall–Kier alpha value is -2.08. The highest BCUT2D eigenvalue weighted by atomic mass is 79.9. The van der Waals surface area contributed by atoms with Crippen molar-refractivity contribution in [3.8, 4) is 0 Å². The Morgan fingerprint density at radius 1 is 1.10 bits per heavy atom. The Morgan fingerprint density at radius 2 is 1.81 bits per heavy atom. The van der Waals surface area contributed by atoms with E-state index >= 15 is 0 Å². The molecule has 0 aliphatic carbocycles. The number of carbonyl (C=O) groups excluding carboxylic acids is 2. The maximum Gasteiger partial charge on any atom is 0.254 e. The van der Waals surface area contributed by atoms with Crippen LogP contribution in [0, 0.1) is 0 Å². The summed E-state index contributed by atoms with van der Waals surface area (Å²) in [5.74, 6) is -0.303. The summed E-state index contributed by atoms with van der Waals surface area (Å²) in [7, 11) is 0. The van der Waals surface area contributed by atoms with Gasteiger partial charge in [-0.05, 0) is 21.5 Å². The fraction of sp³-hybridized carbons (Fsp3) is 0.200. The molecule has 0 fully saturated rings. The van der Waals surface area contributed by atoms with Crippen molar-refractivity contribution in [2.45, 2.75) is 6.42 Å². The average molecular weight is 351 g/mol. The summed E-state index contributed by atoms with van der Waals surface area (Å²) in [6, 6.07) is 11.1. The molecule has 0 atom stereocenters. The van der Waals surface area contributed by atoms with Gasteiger partial charge in [-0.1, -0.05) is 30.3 Å². The Bertz CT molecular complexity index is 610. The van der Waals surface area contributed by atoms with Gasteiger partial charge in [-0.25, -0.2) is 0 Å². The summed E-state index contributed by atoms with van der Waals surface area (Å²) >= 11 is 3.13. The van der Waals surface area contributed by atoms with Crippen LogP contribution in [0.2, 0.25) is 0 Å². The van der Waals surface area contributed by atoms with Crippen LogP contribution in [0.1, 0.15) is 15.9 Å². The van der Waals surface area contributed by atoms with E-state index in [1.54, 1.807) is 6.07 Å². The molecule has 2 amide bonds. The van der Waals surface area contributed by atoms with Gasteiger partial charge in [-0.15, -0.1) is 0 Å². The van der Waals surface area contributed by atoms with Crippen LogP contribution >= 0.6 is 15.9 Å². The lowest BCUT2D eigenvalue weighted by Gasteiger charge is -2.06. The minimum Gasteiger partial charge on any atom is -0.457 e. The summed E-state index contributed by atoms with van der Waals surface area (Å²) in [6.45, 7) is 0.749. The molecule has 0 spiro atoms. The van der Waals surface area contributed by atoms with Crippen molar-refractivity contribution >= 4 is 27.7 Å². The van der Waals surface area contributed by atoms with Crippen LogP contribution in [0.5, 0.6) is 0 Å². The van der Waals surface area contributed by atoms with E-state index in [9.17, 15) is 9.59 Å². The molecule has 0 aliphatic heterocycles. The molecule has 5 nitrogen and oxygen atoms in total. The SMILES string of the molecule is O=C(Cc1ccccc1)NCCNC(=O)c1coc(Br)c1. The van der Waals surface area contributed by atoms with Crippen LogP contribution < -0.4 is 10.6 Å². The van der Waals surface area contributed by atoms with E-state index in [2.05, 4.69) is 26.6 Å². The standard InChI is InChI=1S/C15H15BrN2O3/c16-13-9-12(10-21-13)15(20)18-7-6-17-14(19)8-11-4-2-1-3-5-11/h1-5,9-10H,6-8H2,(H,17,19)(H,18,20). The lowest BCUT2D eigenvalue weighted by molar-refractivity contribution is -0.120. The molecule has 21 heavy (non-hydrogen) atoms. The van der Waals surface area contributed by atoms with Crippen LogP contribution in [0.25, 0.3) is 0 Å². The average Bonchev–Trinajstić information content (AvgIpc) is 2.91. The second-order valence-electron chi connectivity index (χ2n) is 4.41. The number of hydrogen-bond donors (Lipinski definition) is 2. The zero-order valence-corrected chi connectivity index (χ0v) is 12.9. The minimum atomic E-state index is -0.234. The summed E-state index contributed by atoms with van der Waals surface area (Å²) in [5.41, 5.74) is 1.40. The van der Waals surface area contributed by atoms with Crippen LogP contribution in [0.15, 0.2) is 51.7 Å². The number of rotatable bonds is 6. The van der Waals surface area contributed by atoms with E-state index in [4.69, 9.17) is 4.42 Å². The molecule has 2 aromatic rings. The second kappa shape index (κ2) is 7.64. The van der Waals surface area contributed by atoms with E-state index in [0.717, 1.165) is 5.56 Å². The molecule has 0 saturated heterocycles. The molecular weight excluding hydrogens is 336 g/mol. The fourth-order valence-electron chi connectivity index (χ4n) is 1.75. The highest BCUT2D eigenvalue weighted by molar-refractivity contribution is 9.10. The number of carbonyl (C=O) groups is 2. The van der Waals surface area contributed by atoms with Crippen molar-refractivity contribution in [3.05, 3.63) is 58.5 Å². The lowest BCUT2D eigenvalue weighted by Crippen LogP contribution is -2.35. The second-order valence-corrected chi connectivity index (χ2v) is 5.19. The molecule has 1 heterocycles. The molecule has 0 unspecified atom stereocenters. The number of amides is 2. The highest BCUT2D eigenvalue weighted by Gasteiger charge is 2.08. The Kier molecular flexibility index (Phi) is 5.57. The highest BCUT2D eigenvalue weighted by Crippen LogP contribution is 2.13. The van der Waals surface area contributed by atoms with E-state index in [-0.39, 0.29) is 11.8 Å². The monoisotopic (exact) mass is 350 g/mol. The Balaban J connectivity index is 1.65. The molecule has 2 N–H and O–H groups in total. The van der Waals surface area contributed by atoms with Gasteiger partial charge in [-0.2, -0.15) is 0 Å². The number of benzene rings is 1. The third-order valence-corrected chi connectivity index (χ3v) is 3.19. The van der Waals surface area contributed by atoms with Crippen LogP contribution in [0.4, 0.5) is 0 Å². The van der Waals surface area contributed by atoms with Gasteiger partial charge in [0.2, 0.25) is 5.91 Å². The predicted octanol–water partition coefficient (Wildman–Crippen LogP) is 2.13. The first kappa shape index (κ1) is 15.3. The van der Waals surface area contributed by atoms with Crippen LogP contribution in [-0.2, 0) is 11.2 Å². The molecular formula is C15H15BrN2O3. The normalized spacial score (nSPS) is 10.1. The van der Waals surface area contributed by atoms with Crippen LogP contribution in [-0.4, -0.2) is 24.9 Å². The first-order valence-electron chi connectivity index (χ1n) is 6.48. The van der Waals surface area contributed by atoms with Crippen molar-refractivity contribution < 1.29 is 14.0 Å². The van der Waals surface area contributed by atoms with Gasteiger partial charge in [0, 0.05) is 19.2 Å². The third kappa shape index (κ3) is 5.07. The molecule has 2 rings (SSSR count). The van der Waals surface area contributed by atoms with Crippen molar-refractivity contribution in [2.24, 2.45) is 0 Å². The van der Waals surface area contributed by atoms with Gasteiger partial charge in [0.1, 0.15) is 6.26 Å². The quantitative estimate of drug-likeness (QED) is 0.784. The maximum atomic E-state index is 11.7. The Morgan fingerprint density at radius 3 is 2.48 bits per heavy atom. The molecule has 110 valence electrons. The van der Waals surface area contributed by atoms with E-state index in [0.29, 0.717) is 29.7 Å². The number of halogens is 1. The summed E-state index contributed by atoms with van der Waals surface area (Å²) in [6.07, 6.45) is 1.71. The van der Waals surface area contributed by atoms with Crippen molar-refractivity contribution in [1.29, 1.82) is 0 Å². The van der Waals surface area contributed by atoms with E-state index < -0.39 is 0 Å². The van der Waals surface area contributed by atoms with Crippen LogP contribution in [0.3, 0.4) is 0 Å². The van der Waals surface area contributed by atoms with E-state index in [1.165, 1.54) is 6.26 Å². The van der Waals surface area contributed by atoms with E-state index in [1.807, 2.05) is 30.3 Å². The fourth-order valence-corrected chi connectivity index (χ4v) is 2.09. The first-order valence-corrected chi connectivity index (χ1v) is 7.27. The molecule has 0 bridgehead atoms. The maximum absolute atomic E-state index is 11.7. The largest absolute Gasteiger partial charge is 0.457 e. The van der Waals surface area contributed by atoms with Crippen molar-refractivity contribution in [3.63, 3.8) is 0 Å². The molecule has 1 aromatic heterocycles. The molecule has 6 heteroatoms. The zero-order chi connectivity index (χ0) is 15.1. The molecule has 0 saturated carbocycles. The Labute approximate surface area is 130 Å². The number of hydrogen-bond acceptors (Lipinski definition) is 3. The van der Waals surface area contributed by atoms with Gasteiger partial charge in [0.05, 0.1) is 12.0 Å². The smallest absolute Gasteiger partial charge is 0.254 e. The van der Waals surface area contributed by atoms with Gasteiger partial charge in [0.25, 0.3) is 5.91 Å². The predicted molar refractivity (Wildman–Crippen MR) is 81.9 cm³/mol. The molecule has 0 radical (unpaired) electrons. The van der Waals surface area contributed by atoms with Gasteiger partial charge >= 0.3 is 0 Å². The minimum absolute atomic E-state index is 0.0681. The third-order valence-electron chi connectivity index (χ3n) is 2.77. The zero-order valence-electron chi connectivity index (χ0n) is 11.3. The summed E-state index contributed by atoms with van der Waals surface area (Å²) < 4.78 is 5.49. The van der Waals surface area contributed by atoms with Crippen molar-refractivity contribution in [2.75, 3.05) is 13.1 Å². The summed E-state index contributed by atoms with van der Waals surface area (Å²) in [4.78, 5) is 23.4. The topological polar surface area (TPSA) is 71.3 Å². The summed E-state index contributed by atoms with van der Waals surface area (Å²) in [5, 5.41) is 5.45. The lowest BCUT2D eigenvalue weighted by atomic mass is 10.1. The molecule has 0 aliphatic rings. The van der Waals surface area contributed by atoms with Crippen molar-refractivity contribution in [1.82, 2.24) is 10.6 Å². The van der Waals surface area contributed by atoms with Gasteiger partial charge < -0.3 is 15.1 Å².